The Labute approximate surface area is 151 Å². The number of rotatable bonds is 5. The molecule has 0 aliphatic carbocycles. The summed E-state index contributed by atoms with van der Waals surface area (Å²) in [6.07, 6.45) is 2.22. The number of amides is 2. The third kappa shape index (κ3) is 4.43. The minimum absolute atomic E-state index is 0.142. The molecule has 1 aliphatic rings. The van der Waals surface area contributed by atoms with Gasteiger partial charge in [-0.05, 0) is 57.0 Å². The molecule has 3 rings (SSSR count). The number of carbonyl (C=O) groups excluding carboxylic acids is 2. The Kier molecular flexibility index (Phi) is 5.58. The van der Waals surface area contributed by atoms with Crippen LogP contribution in [0.5, 0.6) is 5.75 Å². The predicted octanol–water partition coefficient (Wildman–Crippen LogP) is 2.53. The standard InChI is InChI=1S/C19H22N2O5/c1-12-10-17(13(2)26-12)19(23)21-20-18(22)14-5-7-15(8-6-14)25-11-16-4-3-9-24-16/h5-8,10,16H,3-4,9,11H2,1-2H3,(H,20,22)(H,21,23). The topological polar surface area (TPSA) is 89.8 Å². The lowest BCUT2D eigenvalue weighted by molar-refractivity contribution is 0.0679. The molecule has 2 heterocycles. The number of hydrogen-bond donors (Lipinski definition) is 2. The number of carbonyl (C=O) groups is 2. The fraction of sp³-hybridized carbons (Fsp3) is 0.368. The average Bonchev–Trinajstić information content (AvgIpc) is 3.27. The van der Waals surface area contributed by atoms with Crippen molar-refractivity contribution in [2.75, 3.05) is 13.2 Å². The molecule has 138 valence electrons. The molecule has 0 spiro atoms. The van der Waals surface area contributed by atoms with E-state index < -0.39 is 11.8 Å². The molecule has 1 aromatic heterocycles. The summed E-state index contributed by atoms with van der Waals surface area (Å²) in [5.41, 5.74) is 5.57. The minimum Gasteiger partial charge on any atom is -0.491 e. The lowest BCUT2D eigenvalue weighted by Gasteiger charge is -2.12. The van der Waals surface area contributed by atoms with Gasteiger partial charge in [0.1, 0.15) is 23.9 Å². The SMILES string of the molecule is Cc1cc(C(=O)NNC(=O)c2ccc(OCC3CCCO3)cc2)c(C)o1. The van der Waals surface area contributed by atoms with E-state index in [-0.39, 0.29) is 6.10 Å². The van der Waals surface area contributed by atoms with Crippen LogP contribution in [0.1, 0.15) is 45.1 Å². The maximum Gasteiger partial charge on any atom is 0.273 e. The maximum atomic E-state index is 12.1. The fourth-order valence-electron chi connectivity index (χ4n) is 2.78. The van der Waals surface area contributed by atoms with Gasteiger partial charge in [0.2, 0.25) is 0 Å². The van der Waals surface area contributed by atoms with Crippen molar-refractivity contribution < 1.29 is 23.5 Å². The molecule has 7 nitrogen and oxygen atoms in total. The summed E-state index contributed by atoms with van der Waals surface area (Å²) in [5.74, 6) is 0.969. The summed E-state index contributed by atoms with van der Waals surface area (Å²) in [6, 6.07) is 8.33. The number of aryl methyl sites for hydroxylation is 2. The monoisotopic (exact) mass is 358 g/mol. The van der Waals surface area contributed by atoms with Crippen molar-refractivity contribution in [2.24, 2.45) is 0 Å². The van der Waals surface area contributed by atoms with Gasteiger partial charge in [-0.25, -0.2) is 0 Å². The van der Waals surface area contributed by atoms with Crippen molar-refractivity contribution in [1.82, 2.24) is 10.9 Å². The molecule has 1 atom stereocenters. The van der Waals surface area contributed by atoms with Crippen LogP contribution in [0.4, 0.5) is 0 Å². The van der Waals surface area contributed by atoms with Crippen LogP contribution in [0, 0.1) is 13.8 Å². The number of nitrogens with one attached hydrogen (secondary N) is 2. The van der Waals surface area contributed by atoms with E-state index >= 15 is 0 Å². The van der Waals surface area contributed by atoms with Crippen LogP contribution in [0.25, 0.3) is 0 Å². The zero-order valence-electron chi connectivity index (χ0n) is 14.8. The summed E-state index contributed by atoms with van der Waals surface area (Å²) in [5, 5.41) is 0. The number of hydrazine groups is 1. The Morgan fingerprint density at radius 2 is 1.88 bits per heavy atom. The molecule has 1 unspecified atom stereocenters. The molecule has 2 aromatic rings. The van der Waals surface area contributed by atoms with Crippen LogP contribution < -0.4 is 15.6 Å². The van der Waals surface area contributed by atoms with Crippen molar-refractivity contribution >= 4 is 11.8 Å². The molecule has 1 aliphatic heterocycles. The van der Waals surface area contributed by atoms with Crippen molar-refractivity contribution in [3.63, 3.8) is 0 Å². The highest BCUT2D eigenvalue weighted by atomic mass is 16.5. The summed E-state index contributed by atoms with van der Waals surface area (Å²) in [4.78, 5) is 24.2. The Morgan fingerprint density at radius 1 is 1.15 bits per heavy atom. The van der Waals surface area contributed by atoms with E-state index in [0.717, 1.165) is 19.4 Å². The molecule has 26 heavy (non-hydrogen) atoms. The zero-order valence-corrected chi connectivity index (χ0v) is 14.8. The van der Waals surface area contributed by atoms with Gasteiger partial charge in [-0.15, -0.1) is 0 Å². The van der Waals surface area contributed by atoms with Gasteiger partial charge in [-0.1, -0.05) is 0 Å². The minimum atomic E-state index is -0.427. The highest BCUT2D eigenvalue weighted by Gasteiger charge is 2.17. The molecule has 7 heteroatoms. The second-order valence-electron chi connectivity index (χ2n) is 6.21. The fourth-order valence-corrected chi connectivity index (χ4v) is 2.78. The molecule has 1 aromatic carbocycles. The van der Waals surface area contributed by atoms with Gasteiger partial charge in [0.25, 0.3) is 11.8 Å². The summed E-state index contributed by atoms with van der Waals surface area (Å²) in [6.45, 7) is 4.74. The van der Waals surface area contributed by atoms with E-state index in [9.17, 15) is 9.59 Å². The van der Waals surface area contributed by atoms with Crippen LogP contribution in [-0.2, 0) is 4.74 Å². The van der Waals surface area contributed by atoms with Crippen LogP contribution in [-0.4, -0.2) is 31.1 Å². The van der Waals surface area contributed by atoms with Crippen molar-refractivity contribution in [3.8, 4) is 5.75 Å². The average molecular weight is 358 g/mol. The molecule has 0 saturated carbocycles. The van der Waals surface area contributed by atoms with Gasteiger partial charge in [0, 0.05) is 12.2 Å². The number of hydrogen-bond acceptors (Lipinski definition) is 5. The van der Waals surface area contributed by atoms with Gasteiger partial charge >= 0.3 is 0 Å². The largest absolute Gasteiger partial charge is 0.491 e. The predicted molar refractivity (Wildman–Crippen MR) is 94.0 cm³/mol. The number of furan rings is 1. The molecule has 2 amide bonds. The first-order valence-electron chi connectivity index (χ1n) is 8.55. The smallest absolute Gasteiger partial charge is 0.273 e. The molecule has 2 N–H and O–H groups in total. The van der Waals surface area contributed by atoms with Crippen LogP contribution >= 0.6 is 0 Å². The maximum absolute atomic E-state index is 12.1. The lowest BCUT2D eigenvalue weighted by atomic mass is 10.2. The number of ether oxygens (including phenoxy) is 2. The molecular formula is C19H22N2O5. The quantitative estimate of drug-likeness (QED) is 0.802. The molecule has 1 fully saturated rings. The highest BCUT2D eigenvalue weighted by Crippen LogP contribution is 2.17. The Bertz CT molecular complexity index is 776. The second-order valence-corrected chi connectivity index (χ2v) is 6.21. The summed E-state index contributed by atoms with van der Waals surface area (Å²) in [7, 11) is 0. The first kappa shape index (κ1) is 18.0. The third-order valence-electron chi connectivity index (χ3n) is 4.15. The normalized spacial score (nSPS) is 16.3. The van der Waals surface area contributed by atoms with E-state index in [1.54, 1.807) is 44.2 Å². The molecule has 0 radical (unpaired) electrons. The van der Waals surface area contributed by atoms with Crippen molar-refractivity contribution in [1.29, 1.82) is 0 Å². The van der Waals surface area contributed by atoms with Crippen LogP contribution in [0.3, 0.4) is 0 Å². The zero-order chi connectivity index (χ0) is 18.5. The van der Waals surface area contributed by atoms with Gasteiger partial charge < -0.3 is 13.9 Å². The van der Waals surface area contributed by atoms with Crippen molar-refractivity contribution in [3.05, 3.63) is 53.0 Å². The summed E-state index contributed by atoms with van der Waals surface area (Å²) < 4.78 is 16.5. The van der Waals surface area contributed by atoms with Crippen molar-refractivity contribution in [2.45, 2.75) is 32.8 Å². The second kappa shape index (κ2) is 8.05. The van der Waals surface area contributed by atoms with E-state index in [1.165, 1.54) is 0 Å². The van der Waals surface area contributed by atoms with Gasteiger partial charge in [-0.3, -0.25) is 20.4 Å². The van der Waals surface area contributed by atoms with E-state index in [1.807, 2.05) is 0 Å². The molecular weight excluding hydrogens is 336 g/mol. The van der Waals surface area contributed by atoms with E-state index in [2.05, 4.69) is 10.9 Å². The lowest BCUT2D eigenvalue weighted by Crippen LogP contribution is -2.41. The van der Waals surface area contributed by atoms with Crippen LogP contribution in [0.15, 0.2) is 34.7 Å². The Morgan fingerprint density at radius 3 is 2.50 bits per heavy atom. The first-order chi connectivity index (χ1) is 12.5. The van der Waals surface area contributed by atoms with Gasteiger partial charge in [-0.2, -0.15) is 0 Å². The van der Waals surface area contributed by atoms with Gasteiger partial charge in [0.05, 0.1) is 11.7 Å². The third-order valence-corrected chi connectivity index (χ3v) is 4.15. The van der Waals surface area contributed by atoms with Crippen LogP contribution in [0.2, 0.25) is 0 Å². The Hall–Kier alpha value is -2.80. The highest BCUT2D eigenvalue weighted by molar-refractivity contribution is 5.99. The van der Waals surface area contributed by atoms with E-state index in [0.29, 0.717) is 35.0 Å². The molecule has 1 saturated heterocycles. The number of benzene rings is 1. The van der Waals surface area contributed by atoms with Gasteiger partial charge in [0.15, 0.2) is 0 Å². The Balaban J connectivity index is 1.49. The summed E-state index contributed by atoms with van der Waals surface area (Å²) >= 11 is 0. The first-order valence-corrected chi connectivity index (χ1v) is 8.55. The molecule has 0 bridgehead atoms. The van der Waals surface area contributed by atoms with E-state index in [4.69, 9.17) is 13.9 Å².